The molecule has 0 fully saturated rings. The SMILES string of the molecule is Cc1cccc(NC(=O)NC(=O)COc2ccc(Br)cc2C=O)c1C. The van der Waals surface area contributed by atoms with Crippen molar-refractivity contribution in [3.8, 4) is 5.75 Å². The number of hydrogen-bond donors (Lipinski definition) is 2. The molecule has 130 valence electrons. The van der Waals surface area contributed by atoms with Crippen LogP contribution < -0.4 is 15.4 Å². The Morgan fingerprint density at radius 3 is 2.68 bits per heavy atom. The highest BCUT2D eigenvalue weighted by molar-refractivity contribution is 9.10. The molecule has 0 aliphatic heterocycles. The first-order chi connectivity index (χ1) is 11.9. The number of aryl methyl sites for hydroxylation is 1. The maximum Gasteiger partial charge on any atom is 0.325 e. The molecule has 2 rings (SSSR count). The number of urea groups is 1. The van der Waals surface area contributed by atoms with Crippen LogP contribution in [-0.2, 0) is 4.79 Å². The van der Waals surface area contributed by atoms with Gasteiger partial charge in [-0.3, -0.25) is 14.9 Å². The number of hydrogen-bond acceptors (Lipinski definition) is 4. The number of halogens is 1. The van der Waals surface area contributed by atoms with Gasteiger partial charge in [0.1, 0.15) is 5.75 Å². The summed E-state index contributed by atoms with van der Waals surface area (Å²) in [4.78, 5) is 34.7. The van der Waals surface area contributed by atoms with Crippen molar-refractivity contribution in [2.24, 2.45) is 0 Å². The monoisotopic (exact) mass is 404 g/mol. The summed E-state index contributed by atoms with van der Waals surface area (Å²) in [6.07, 6.45) is 0.630. The van der Waals surface area contributed by atoms with E-state index in [1.807, 2.05) is 26.0 Å². The van der Waals surface area contributed by atoms with Crippen molar-refractivity contribution in [1.82, 2.24) is 5.32 Å². The zero-order chi connectivity index (χ0) is 18.4. The fraction of sp³-hybridized carbons (Fsp3) is 0.167. The largest absolute Gasteiger partial charge is 0.483 e. The number of amides is 3. The molecular weight excluding hydrogens is 388 g/mol. The van der Waals surface area contributed by atoms with Gasteiger partial charge < -0.3 is 10.1 Å². The molecule has 0 heterocycles. The first-order valence-electron chi connectivity index (χ1n) is 7.45. The van der Waals surface area contributed by atoms with Gasteiger partial charge in [-0.2, -0.15) is 0 Å². The lowest BCUT2D eigenvalue weighted by Crippen LogP contribution is -2.37. The highest BCUT2D eigenvalue weighted by Crippen LogP contribution is 2.21. The highest BCUT2D eigenvalue weighted by Gasteiger charge is 2.12. The molecule has 0 unspecified atom stereocenters. The summed E-state index contributed by atoms with van der Waals surface area (Å²) in [5.41, 5.74) is 2.89. The van der Waals surface area contributed by atoms with E-state index in [4.69, 9.17) is 4.74 Å². The molecule has 25 heavy (non-hydrogen) atoms. The maximum atomic E-state index is 11.9. The smallest absolute Gasteiger partial charge is 0.325 e. The second-order valence-corrected chi connectivity index (χ2v) is 6.25. The summed E-state index contributed by atoms with van der Waals surface area (Å²) in [5, 5.41) is 4.80. The standard InChI is InChI=1S/C18H17BrN2O4/c1-11-4-3-5-15(12(11)2)20-18(24)21-17(23)10-25-16-7-6-14(19)8-13(16)9-22/h3-9H,10H2,1-2H3,(H2,20,21,23,24). The Morgan fingerprint density at radius 1 is 1.20 bits per heavy atom. The quantitative estimate of drug-likeness (QED) is 0.745. The molecule has 7 heteroatoms. The Hall–Kier alpha value is -2.67. The lowest BCUT2D eigenvalue weighted by molar-refractivity contribution is -0.121. The number of anilines is 1. The second kappa shape index (κ2) is 8.43. The third-order valence-corrected chi connectivity index (χ3v) is 4.06. The van der Waals surface area contributed by atoms with Crippen LogP contribution in [0.5, 0.6) is 5.75 Å². The highest BCUT2D eigenvalue weighted by atomic mass is 79.9. The third-order valence-electron chi connectivity index (χ3n) is 3.56. The van der Waals surface area contributed by atoms with Crippen molar-refractivity contribution in [3.05, 3.63) is 57.6 Å². The van der Waals surface area contributed by atoms with Gasteiger partial charge in [-0.15, -0.1) is 0 Å². The molecule has 0 atom stereocenters. The number of nitrogens with one attached hydrogen (secondary N) is 2. The minimum Gasteiger partial charge on any atom is -0.483 e. The van der Waals surface area contributed by atoms with Gasteiger partial charge in [0.25, 0.3) is 5.91 Å². The summed E-state index contributed by atoms with van der Waals surface area (Å²) in [7, 11) is 0. The lowest BCUT2D eigenvalue weighted by atomic mass is 10.1. The van der Waals surface area contributed by atoms with Crippen molar-refractivity contribution in [1.29, 1.82) is 0 Å². The van der Waals surface area contributed by atoms with E-state index in [1.54, 1.807) is 24.3 Å². The predicted molar refractivity (Wildman–Crippen MR) is 98.1 cm³/mol. The Balaban J connectivity index is 1.91. The zero-order valence-electron chi connectivity index (χ0n) is 13.8. The Bertz CT molecular complexity index is 821. The van der Waals surface area contributed by atoms with Crippen molar-refractivity contribution in [2.75, 3.05) is 11.9 Å². The van der Waals surface area contributed by atoms with Gasteiger partial charge in [-0.25, -0.2) is 4.79 Å². The van der Waals surface area contributed by atoms with Crippen LogP contribution in [0.25, 0.3) is 0 Å². The molecule has 0 spiro atoms. The summed E-state index contributed by atoms with van der Waals surface area (Å²) in [6.45, 7) is 3.42. The van der Waals surface area contributed by atoms with Crippen LogP contribution in [0, 0.1) is 13.8 Å². The van der Waals surface area contributed by atoms with E-state index in [-0.39, 0.29) is 12.4 Å². The molecule has 0 aliphatic carbocycles. The van der Waals surface area contributed by atoms with Crippen molar-refractivity contribution in [3.63, 3.8) is 0 Å². The van der Waals surface area contributed by atoms with E-state index in [0.717, 1.165) is 15.6 Å². The normalized spacial score (nSPS) is 10.0. The number of rotatable bonds is 5. The van der Waals surface area contributed by atoms with Gasteiger partial charge >= 0.3 is 6.03 Å². The molecule has 6 nitrogen and oxygen atoms in total. The average molecular weight is 405 g/mol. The lowest BCUT2D eigenvalue weighted by Gasteiger charge is -2.11. The molecule has 2 aromatic rings. The Morgan fingerprint density at radius 2 is 1.96 bits per heavy atom. The molecule has 0 saturated heterocycles. The van der Waals surface area contributed by atoms with Crippen molar-refractivity contribution >= 4 is 39.8 Å². The molecule has 0 aliphatic rings. The summed E-state index contributed by atoms with van der Waals surface area (Å²) in [5.74, 6) is -0.356. The molecule has 0 saturated carbocycles. The molecule has 2 N–H and O–H groups in total. The van der Waals surface area contributed by atoms with Crippen LogP contribution in [0.3, 0.4) is 0 Å². The Labute approximate surface area is 153 Å². The van der Waals surface area contributed by atoms with Crippen LogP contribution >= 0.6 is 15.9 Å². The van der Waals surface area contributed by atoms with Crippen LogP contribution in [0.4, 0.5) is 10.5 Å². The third kappa shape index (κ3) is 5.15. The average Bonchev–Trinajstić information content (AvgIpc) is 2.57. The fourth-order valence-electron chi connectivity index (χ4n) is 2.09. The molecule has 0 bridgehead atoms. The first-order valence-corrected chi connectivity index (χ1v) is 8.24. The second-order valence-electron chi connectivity index (χ2n) is 5.34. The summed E-state index contributed by atoms with van der Waals surface area (Å²) < 4.78 is 6.02. The predicted octanol–water partition coefficient (Wildman–Crippen LogP) is 3.61. The van der Waals surface area contributed by atoms with Crippen LogP contribution in [0.2, 0.25) is 0 Å². The minimum atomic E-state index is -0.645. The molecule has 2 aromatic carbocycles. The number of aldehydes is 1. The number of imide groups is 1. The van der Waals surface area contributed by atoms with E-state index in [9.17, 15) is 14.4 Å². The zero-order valence-corrected chi connectivity index (χ0v) is 15.3. The van der Waals surface area contributed by atoms with E-state index in [2.05, 4.69) is 26.6 Å². The van der Waals surface area contributed by atoms with E-state index in [1.165, 1.54) is 0 Å². The van der Waals surface area contributed by atoms with Gasteiger partial charge in [0, 0.05) is 10.2 Å². The Kier molecular flexibility index (Phi) is 6.30. The molecular formula is C18H17BrN2O4. The van der Waals surface area contributed by atoms with Gasteiger partial charge in [0.05, 0.1) is 5.56 Å². The number of carbonyl (C=O) groups excluding carboxylic acids is 3. The van der Waals surface area contributed by atoms with Gasteiger partial charge in [-0.05, 0) is 49.2 Å². The van der Waals surface area contributed by atoms with Crippen LogP contribution in [0.15, 0.2) is 40.9 Å². The van der Waals surface area contributed by atoms with E-state index in [0.29, 0.717) is 17.5 Å². The summed E-state index contributed by atoms with van der Waals surface area (Å²) in [6, 6.07) is 9.69. The number of carbonyl (C=O) groups is 3. The first kappa shape index (κ1) is 18.7. The topological polar surface area (TPSA) is 84.5 Å². The number of benzene rings is 2. The number of ether oxygens (including phenoxy) is 1. The minimum absolute atomic E-state index is 0.267. The van der Waals surface area contributed by atoms with Crippen molar-refractivity contribution < 1.29 is 19.1 Å². The summed E-state index contributed by atoms with van der Waals surface area (Å²) >= 11 is 3.25. The fourth-order valence-corrected chi connectivity index (χ4v) is 2.47. The maximum absolute atomic E-state index is 11.9. The van der Waals surface area contributed by atoms with Gasteiger partial charge in [0.15, 0.2) is 12.9 Å². The van der Waals surface area contributed by atoms with Crippen LogP contribution in [-0.4, -0.2) is 24.8 Å². The molecule has 3 amide bonds. The van der Waals surface area contributed by atoms with Crippen molar-refractivity contribution in [2.45, 2.75) is 13.8 Å². The van der Waals surface area contributed by atoms with Crippen LogP contribution in [0.1, 0.15) is 21.5 Å². The molecule has 0 radical (unpaired) electrons. The van der Waals surface area contributed by atoms with Gasteiger partial charge in [0.2, 0.25) is 0 Å². The van der Waals surface area contributed by atoms with E-state index >= 15 is 0 Å². The van der Waals surface area contributed by atoms with E-state index < -0.39 is 11.9 Å². The van der Waals surface area contributed by atoms with Gasteiger partial charge in [-0.1, -0.05) is 28.1 Å². The molecule has 0 aromatic heterocycles.